The maximum atomic E-state index is 10.6. The van der Waals surface area contributed by atoms with Gasteiger partial charge in [0.2, 0.25) is 0 Å². The Hall–Kier alpha value is -2.15. The minimum atomic E-state index is -0.995. The quantitative estimate of drug-likeness (QED) is 0.675. The number of furan rings is 1. The third-order valence-electron chi connectivity index (χ3n) is 1.96. The topological polar surface area (TPSA) is 104 Å². The van der Waals surface area contributed by atoms with Gasteiger partial charge in [-0.15, -0.1) is 0 Å². The molecule has 0 aromatic carbocycles. The third-order valence-corrected chi connectivity index (χ3v) is 1.96. The lowest BCUT2D eigenvalue weighted by Gasteiger charge is -1.98. The molecule has 0 aliphatic rings. The predicted molar refractivity (Wildman–Crippen MR) is 52.6 cm³/mol. The highest BCUT2D eigenvalue weighted by molar-refractivity contribution is 5.87. The van der Waals surface area contributed by atoms with Crippen LogP contribution in [0.1, 0.15) is 21.9 Å². The van der Waals surface area contributed by atoms with E-state index in [1.54, 1.807) is 0 Å². The van der Waals surface area contributed by atoms with Crippen LogP contribution >= 0.6 is 0 Å². The van der Waals surface area contributed by atoms with E-state index in [2.05, 4.69) is 20.5 Å². The molecule has 0 bridgehead atoms. The molecule has 16 heavy (non-hydrogen) atoms. The fourth-order valence-corrected chi connectivity index (χ4v) is 1.21. The highest BCUT2D eigenvalue weighted by Gasteiger charge is 2.07. The van der Waals surface area contributed by atoms with Crippen molar-refractivity contribution in [1.29, 1.82) is 0 Å². The van der Waals surface area contributed by atoms with Crippen LogP contribution in [0.4, 0.5) is 0 Å². The average molecular weight is 222 g/mol. The smallest absolute Gasteiger partial charge is 0.338 e. The molecular weight excluding hydrogens is 212 g/mol. The Labute approximate surface area is 90.5 Å². The van der Waals surface area contributed by atoms with Gasteiger partial charge in [0.25, 0.3) is 0 Å². The molecule has 3 N–H and O–H groups in total. The fraction of sp³-hybridized carbons (Fsp3) is 0.222. The van der Waals surface area contributed by atoms with Gasteiger partial charge in [-0.3, -0.25) is 5.10 Å². The summed E-state index contributed by atoms with van der Waals surface area (Å²) >= 11 is 0. The van der Waals surface area contributed by atoms with Crippen molar-refractivity contribution in [2.24, 2.45) is 0 Å². The molecule has 2 aromatic rings. The molecule has 7 heteroatoms. The van der Waals surface area contributed by atoms with Crippen molar-refractivity contribution in [1.82, 2.24) is 20.5 Å². The standard InChI is InChI=1S/C9H10N4O3/c14-9(15)6-1-7(16-4-6)2-10-3-8-11-5-12-13-8/h1,4-5,10H,2-3H2,(H,14,15)(H,11,12,13). The molecule has 0 amide bonds. The number of rotatable bonds is 5. The SMILES string of the molecule is O=C(O)c1coc(CNCc2ncn[nH]2)c1. The van der Waals surface area contributed by atoms with Gasteiger partial charge in [0, 0.05) is 0 Å². The van der Waals surface area contributed by atoms with Crippen LogP contribution in [-0.2, 0) is 13.1 Å². The average Bonchev–Trinajstić information content (AvgIpc) is 2.87. The summed E-state index contributed by atoms with van der Waals surface area (Å²) in [5.74, 6) is 0.284. The maximum Gasteiger partial charge on any atom is 0.338 e. The number of carboxylic acid groups (broad SMARTS) is 1. The molecule has 7 nitrogen and oxygen atoms in total. The maximum absolute atomic E-state index is 10.6. The number of aromatic carboxylic acids is 1. The molecular formula is C9H10N4O3. The molecule has 2 heterocycles. The zero-order valence-electron chi connectivity index (χ0n) is 8.30. The predicted octanol–water partition coefficient (Wildman–Crippen LogP) is 0.386. The van der Waals surface area contributed by atoms with Crippen LogP contribution in [0.5, 0.6) is 0 Å². The second-order valence-electron chi connectivity index (χ2n) is 3.14. The van der Waals surface area contributed by atoms with Gasteiger partial charge in [0.05, 0.1) is 18.7 Å². The van der Waals surface area contributed by atoms with E-state index in [1.807, 2.05) is 0 Å². The molecule has 84 valence electrons. The van der Waals surface area contributed by atoms with Crippen LogP contribution in [0, 0.1) is 0 Å². The van der Waals surface area contributed by atoms with Gasteiger partial charge in [-0.05, 0) is 6.07 Å². The van der Waals surface area contributed by atoms with Crippen molar-refractivity contribution in [2.45, 2.75) is 13.1 Å². The second kappa shape index (κ2) is 4.58. The van der Waals surface area contributed by atoms with Gasteiger partial charge in [-0.1, -0.05) is 0 Å². The first-order valence-corrected chi connectivity index (χ1v) is 4.61. The number of aromatic nitrogens is 3. The van der Waals surface area contributed by atoms with E-state index in [4.69, 9.17) is 9.52 Å². The summed E-state index contributed by atoms with van der Waals surface area (Å²) in [7, 11) is 0. The number of H-pyrrole nitrogens is 1. The molecule has 0 saturated carbocycles. The van der Waals surface area contributed by atoms with Gasteiger partial charge in [0.15, 0.2) is 0 Å². The first-order valence-electron chi connectivity index (χ1n) is 4.61. The van der Waals surface area contributed by atoms with Gasteiger partial charge < -0.3 is 14.8 Å². The summed E-state index contributed by atoms with van der Waals surface area (Å²) in [5, 5.41) is 18.1. The summed E-state index contributed by atoms with van der Waals surface area (Å²) in [6.45, 7) is 0.955. The fourth-order valence-electron chi connectivity index (χ4n) is 1.21. The van der Waals surface area contributed by atoms with Crippen molar-refractivity contribution in [3.63, 3.8) is 0 Å². The minimum absolute atomic E-state index is 0.150. The van der Waals surface area contributed by atoms with Crippen molar-refractivity contribution in [3.05, 3.63) is 35.8 Å². The molecule has 0 spiro atoms. The zero-order valence-corrected chi connectivity index (χ0v) is 8.30. The normalized spacial score (nSPS) is 10.5. The van der Waals surface area contributed by atoms with Crippen LogP contribution < -0.4 is 5.32 Å². The summed E-state index contributed by atoms with van der Waals surface area (Å²) in [5.41, 5.74) is 0.150. The molecule has 2 rings (SSSR count). The van der Waals surface area contributed by atoms with E-state index in [0.29, 0.717) is 24.7 Å². The van der Waals surface area contributed by atoms with Crippen LogP contribution in [0.15, 0.2) is 23.1 Å². The first-order chi connectivity index (χ1) is 7.75. The van der Waals surface area contributed by atoms with E-state index in [-0.39, 0.29) is 5.56 Å². The van der Waals surface area contributed by atoms with E-state index in [9.17, 15) is 4.79 Å². The highest BCUT2D eigenvalue weighted by atomic mass is 16.4. The molecule has 0 unspecified atom stereocenters. The Morgan fingerprint density at radius 2 is 2.44 bits per heavy atom. The Balaban J connectivity index is 1.83. The molecule has 0 fully saturated rings. The first kappa shape index (κ1) is 10.4. The van der Waals surface area contributed by atoms with Gasteiger partial charge in [0.1, 0.15) is 24.2 Å². The number of nitrogens with one attached hydrogen (secondary N) is 2. The summed E-state index contributed by atoms with van der Waals surface area (Å²) in [6, 6.07) is 1.48. The van der Waals surface area contributed by atoms with Crippen molar-refractivity contribution < 1.29 is 14.3 Å². The van der Waals surface area contributed by atoms with Crippen LogP contribution in [0.2, 0.25) is 0 Å². The third kappa shape index (κ3) is 2.45. The van der Waals surface area contributed by atoms with Crippen molar-refractivity contribution in [2.75, 3.05) is 0 Å². The molecule has 0 atom stereocenters. The lowest BCUT2D eigenvalue weighted by atomic mass is 10.3. The Kier molecular flexibility index (Phi) is 2.97. The molecule has 0 radical (unpaired) electrons. The number of carboxylic acids is 1. The number of aromatic amines is 1. The summed E-state index contributed by atoms with van der Waals surface area (Å²) in [6.07, 6.45) is 2.64. The lowest BCUT2D eigenvalue weighted by Crippen LogP contribution is -2.13. The number of carbonyl (C=O) groups is 1. The zero-order chi connectivity index (χ0) is 11.4. The van der Waals surface area contributed by atoms with Gasteiger partial charge in [-0.25, -0.2) is 9.78 Å². The van der Waals surface area contributed by atoms with Crippen LogP contribution in [0.3, 0.4) is 0 Å². The lowest BCUT2D eigenvalue weighted by molar-refractivity contribution is 0.0696. The van der Waals surface area contributed by atoms with Crippen molar-refractivity contribution in [3.8, 4) is 0 Å². The Morgan fingerprint density at radius 1 is 1.56 bits per heavy atom. The number of hydrogen-bond donors (Lipinski definition) is 3. The monoisotopic (exact) mass is 222 g/mol. The molecule has 0 aliphatic carbocycles. The van der Waals surface area contributed by atoms with E-state index in [0.717, 1.165) is 0 Å². The molecule has 0 aliphatic heterocycles. The largest absolute Gasteiger partial charge is 0.478 e. The number of hydrogen-bond acceptors (Lipinski definition) is 5. The van der Waals surface area contributed by atoms with Crippen LogP contribution in [0.25, 0.3) is 0 Å². The van der Waals surface area contributed by atoms with E-state index >= 15 is 0 Å². The Bertz CT molecular complexity index is 463. The van der Waals surface area contributed by atoms with Gasteiger partial charge in [-0.2, -0.15) is 5.10 Å². The highest BCUT2D eigenvalue weighted by Crippen LogP contribution is 2.07. The summed E-state index contributed by atoms with van der Waals surface area (Å²) in [4.78, 5) is 14.5. The van der Waals surface area contributed by atoms with E-state index in [1.165, 1.54) is 18.7 Å². The number of nitrogens with zero attached hydrogens (tertiary/aromatic N) is 2. The summed E-state index contributed by atoms with van der Waals surface area (Å²) < 4.78 is 5.06. The molecule has 2 aromatic heterocycles. The van der Waals surface area contributed by atoms with E-state index < -0.39 is 5.97 Å². The Morgan fingerprint density at radius 3 is 3.06 bits per heavy atom. The van der Waals surface area contributed by atoms with Crippen LogP contribution in [-0.4, -0.2) is 26.3 Å². The van der Waals surface area contributed by atoms with Crippen molar-refractivity contribution >= 4 is 5.97 Å². The van der Waals surface area contributed by atoms with Gasteiger partial charge >= 0.3 is 5.97 Å². The molecule has 0 saturated heterocycles. The second-order valence-corrected chi connectivity index (χ2v) is 3.14. The minimum Gasteiger partial charge on any atom is -0.478 e.